The van der Waals surface area contributed by atoms with Crippen molar-refractivity contribution >= 4 is 5.65 Å². The smallest absolute Gasteiger partial charge is 0.155 e. The van der Waals surface area contributed by atoms with Gasteiger partial charge in [0.15, 0.2) is 5.65 Å². The molecule has 0 aliphatic heterocycles. The first-order valence-corrected chi connectivity index (χ1v) is 8.37. The summed E-state index contributed by atoms with van der Waals surface area (Å²) >= 11 is 0. The number of fused-ring (bicyclic) bond motifs is 1. The van der Waals surface area contributed by atoms with E-state index in [1.165, 1.54) is 0 Å². The Labute approximate surface area is 139 Å². The molecule has 2 heterocycles. The molecule has 0 spiro atoms. The van der Waals surface area contributed by atoms with Gasteiger partial charge in [0, 0.05) is 41.5 Å². The highest BCUT2D eigenvalue weighted by molar-refractivity contribution is 5.42. The Morgan fingerprint density at radius 3 is 2.52 bits per heavy atom. The Bertz CT molecular complexity index is 675. The Hall–Kier alpha value is -1.46. The van der Waals surface area contributed by atoms with E-state index in [1.54, 1.807) is 0 Å². The molecular weight excluding hydrogens is 288 g/mol. The minimum atomic E-state index is -0.335. The van der Waals surface area contributed by atoms with E-state index in [9.17, 15) is 5.11 Å². The summed E-state index contributed by atoms with van der Waals surface area (Å²) < 4.78 is 1.90. The van der Waals surface area contributed by atoms with E-state index in [1.807, 2.05) is 23.7 Å². The minimum Gasteiger partial charge on any atom is -0.392 e. The van der Waals surface area contributed by atoms with Crippen molar-refractivity contribution in [3.05, 3.63) is 29.2 Å². The molecule has 0 saturated carbocycles. The van der Waals surface area contributed by atoms with Gasteiger partial charge < -0.3 is 10.4 Å². The number of rotatable bonds is 6. The number of aryl methyl sites for hydroxylation is 2. The van der Waals surface area contributed by atoms with Crippen LogP contribution in [0, 0.1) is 25.2 Å². The van der Waals surface area contributed by atoms with Crippen LogP contribution in [0.3, 0.4) is 0 Å². The number of hydrogen-bond acceptors (Lipinski definition) is 4. The van der Waals surface area contributed by atoms with Crippen LogP contribution in [0.4, 0.5) is 0 Å². The van der Waals surface area contributed by atoms with Gasteiger partial charge in [0.25, 0.3) is 0 Å². The summed E-state index contributed by atoms with van der Waals surface area (Å²) in [7, 11) is 0. The molecule has 5 heteroatoms. The number of hydrogen-bond donors (Lipinski definition) is 2. The van der Waals surface area contributed by atoms with Gasteiger partial charge in [-0.25, -0.2) is 9.50 Å². The maximum Gasteiger partial charge on any atom is 0.155 e. The van der Waals surface area contributed by atoms with Crippen LogP contribution in [0.1, 0.15) is 57.6 Å². The summed E-state index contributed by atoms with van der Waals surface area (Å²) in [5, 5.41) is 18.4. The van der Waals surface area contributed by atoms with Gasteiger partial charge in [-0.3, -0.25) is 0 Å². The lowest BCUT2D eigenvalue weighted by molar-refractivity contribution is 0.0123. The fourth-order valence-corrected chi connectivity index (χ4v) is 3.13. The SMILES string of the molecule is Cc1cc2ncc(C(C)NCC(C)(C)C(O)C(C)C)c(C)n2n1. The van der Waals surface area contributed by atoms with E-state index in [2.05, 4.69) is 56.9 Å². The molecule has 0 aliphatic rings. The van der Waals surface area contributed by atoms with Gasteiger partial charge in [0.1, 0.15) is 0 Å². The Balaban J connectivity index is 2.15. The third kappa shape index (κ3) is 3.72. The lowest BCUT2D eigenvalue weighted by Crippen LogP contribution is -2.42. The first kappa shape index (κ1) is 17.9. The number of aromatic nitrogens is 3. The molecule has 0 bridgehead atoms. The van der Waals surface area contributed by atoms with Crippen LogP contribution in [-0.4, -0.2) is 32.4 Å². The quantitative estimate of drug-likeness (QED) is 0.859. The molecule has 0 fully saturated rings. The summed E-state index contributed by atoms with van der Waals surface area (Å²) in [6, 6.07) is 2.13. The number of aliphatic hydroxyl groups is 1. The molecule has 0 amide bonds. The molecule has 128 valence electrons. The minimum absolute atomic E-state index is 0.148. The first-order chi connectivity index (χ1) is 10.6. The molecule has 2 unspecified atom stereocenters. The highest BCUT2D eigenvalue weighted by Gasteiger charge is 2.30. The molecular formula is C18H30N4O. The third-order valence-electron chi connectivity index (χ3n) is 4.65. The number of aliphatic hydroxyl groups excluding tert-OH is 1. The predicted molar refractivity (Wildman–Crippen MR) is 93.5 cm³/mol. The lowest BCUT2D eigenvalue weighted by Gasteiger charge is -2.34. The maximum atomic E-state index is 10.4. The van der Waals surface area contributed by atoms with Crippen molar-refractivity contribution in [2.24, 2.45) is 11.3 Å². The van der Waals surface area contributed by atoms with Crippen molar-refractivity contribution in [2.45, 2.75) is 60.6 Å². The van der Waals surface area contributed by atoms with E-state index in [0.717, 1.165) is 29.1 Å². The zero-order valence-corrected chi connectivity index (χ0v) is 15.4. The fraction of sp³-hybridized carbons (Fsp3) is 0.667. The van der Waals surface area contributed by atoms with E-state index in [4.69, 9.17) is 0 Å². The van der Waals surface area contributed by atoms with Gasteiger partial charge in [-0.1, -0.05) is 27.7 Å². The van der Waals surface area contributed by atoms with Gasteiger partial charge in [-0.15, -0.1) is 0 Å². The van der Waals surface area contributed by atoms with Gasteiger partial charge in [0.05, 0.1) is 11.8 Å². The Morgan fingerprint density at radius 1 is 1.26 bits per heavy atom. The molecule has 0 radical (unpaired) electrons. The highest BCUT2D eigenvalue weighted by Crippen LogP contribution is 2.27. The van der Waals surface area contributed by atoms with Crippen LogP contribution < -0.4 is 5.32 Å². The largest absolute Gasteiger partial charge is 0.392 e. The molecule has 0 saturated heterocycles. The third-order valence-corrected chi connectivity index (χ3v) is 4.65. The summed E-state index contributed by atoms with van der Waals surface area (Å²) in [5.74, 6) is 0.244. The van der Waals surface area contributed by atoms with Crippen molar-refractivity contribution in [2.75, 3.05) is 6.54 Å². The summed E-state index contributed by atoms with van der Waals surface area (Å²) in [6.07, 6.45) is 1.59. The molecule has 23 heavy (non-hydrogen) atoms. The van der Waals surface area contributed by atoms with Crippen LogP contribution in [0.15, 0.2) is 12.3 Å². The number of nitrogens with zero attached hydrogens (tertiary/aromatic N) is 3. The molecule has 2 N–H and O–H groups in total. The van der Waals surface area contributed by atoms with Crippen LogP contribution >= 0.6 is 0 Å². The molecule has 2 rings (SSSR count). The van der Waals surface area contributed by atoms with Gasteiger partial charge in [0.2, 0.25) is 0 Å². The van der Waals surface area contributed by atoms with Crippen LogP contribution in [0.2, 0.25) is 0 Å². The second kappa shape index (κ2) is 6.57. The van der Waals surface area contributed by atoms with Crippen LogP contribution in [-0.2, 0) is 0 Å². The molecule has 2 aromatic rings. The molecule has 2 aromatic heterocycles. The van der Waals surface area contributed by atoms with Gasteiger partial charge in [-0.05, 0) is 26.7 Å². The second-order valence-corrected chi connectivity index (χ2v) is 7.63. The van der Waals surface area contributed by atoms with E-state index >= 15 is 0 Å². The monoisotopic (exact) mass is 318 g/mol. The van der Waals surface area contributed by atoms with Crippen LogP contribution in [0.25, 0.3) is 5.65 Å². The molecule has 0 aliphatic carbocycles. The average molecular weight is 318 g/mol. The van der Waals surface area contributed by atoms with E-state index in [-0.39, 0.29) is 23.5 Å². The predicted octanol–water partition coefficient (Wildman–Crippen LogP) is 3.04. The van der Waals surface area contributed by atoms with Crippen LogP contribution in [0.5, 0.6) is 0 Å². The first-order valence-electron chi connectivity index (χ1n) is 8.37. The van der Waals surface area contributed by atoms with Crippen molar-refractivity contribution in [1.82, 2.24) is 19.9 Å². The molecule has 5 nitrogen and oxygen atoms in total. The lowest BCUT2D eigenvalue weighted by atomic mass is 9.80. The molecule has 0 aromatic carbocycles. The van der Waals surface area contributed by atoms with Crippen molar-refractivity contribution < 1.29 is 5.11 Å². The van der Waals surface area contributed by atoms with Gasteiger partial charge >= 0.3 is 0 Å². The molecule has 2 atom stereocenters. The number of nitrogens with one attached hydrogen (secondary N) is 1. The van der Waals surface area contributed by atoms with Gasteiger partial charge in [-0.2, -0.15) is 5.10 Å². The van der Waals surface area contributed by atoms with E-state index in [0.29, 0.717) is 0 Å². The maximum absolute atomic E-state index is 10.4. The standard InChI is InChI=1S/C18H30N4O/c1-11(2)17(23)18(6,7)10-20-13(4)15-9-19-16-8-12(3)21-22(16)14(15)5/h8-9,11,13,17,20,23H,10H2,1-7H3. The van der Waals surface area contributed by atoms with E-state index < -0.39 is 0 Å². The topological polar surface area (TPSA) is 62.5 Å². The summed E-state index contributed by atoms with van der Waals surface area (Å²) in [5.41, 5.74) is 3.91. The normalized spacial score (nSPS) is 15.3. The average Bonchev–Trinajstić information content (AvgIpc) is 2.86. The Morgan fingerprint density at radius 2 is 1.91 bits per heavy atom. The highest BCUT2D eigenvalue weighted by atomic mass is 16.3. The Kier molecular flexibility index (Phi) is 5.11. The summed E-state index contributed by atoms with van der Waals surface area (Å²) in [4.78, 5) is 4.50. The van der Waals surface area contributed by atoms with Crippen molar-refractivity contribution in [3.8, 4) is 0 Å². The van der Waals surface area contributed by atoms with Crippen molar-refractivity contribution in [1.29, 1.82) is 0 Å². The fourth-order valence-electron chi connectivity index (χ4n) is 3.13. The van der Waals surface area contributed by atoms with Crippen molar-refractivity contribution in [3.63, 3.8) is 0 Å². The second-order valence-electron chi connectivity index (χ2n) is 7.63. The zero-order valence-electron chi connectivity index (χ0n) is 15.4. The summed E-state index contributed by atoms with van der Waals surface area (Å²) in [6.45, 7) is 15.2. The zero-order chi connectivity index (χ0) is 17.4.